The number of carbonyl (C=O) groups is 2. The maximum Gasteiger partial charge on any atom is 0.329 e. The van der Waals surface area contributed by atoms with Gasteiger partial charge < -0.3 is 15.3 Å². The highest BCUT2D eigenvalue weighted by atomic mass is 19.1. The predicted molar refractivity (Wildman–Crippen MR) is 64.9 cm³/mol. The van der Waals surface area contributed by atoms with Crippen molar-refractivity contribution in [2.75, 3.05) is 12.4 Å². The topological polar surface area (TPSA) is 69.6 Å². The van der Waals surface area contributed by atoms with E-state index in [2.05, 4.69) is 5.32 Å². The molecule has 0 aliphatic rings. The van der Waals surface area contributed by atoms with E-state index >= 15 is 0 Å². The minimum atomic E-state index is -1.46. The van der Waals surface area contributed by atoms with Gasteiger partial charge in [-0.3, -0.25) is 0 Å². The number of likely N-dealkylation sites (N-methyl/N-ethyl adjacent to an activating group) is 1. The number of benzene rings is 1. The zero-order chi connectivity index (χ0) is 14.8. The first kappa shape index (κ1) is 14.9. The Kier molecular flexibility index (Phi) is 4.08. The van der Waals surface area contributed by atoms with Crippen LogP contribution in [0.15, 0.2) is 18.2 Å². The second-order valence-corrected chi connectivity index (χ2v) is 4.48. The first-order chi connectivity index (χ1) is 8.66. The number of urea groups is 1. The predicted octanol–water partition coefficient (Wildman–Crippen LogP) is 2.29. The van der Waals surface area contributed by atoms with Crippen LogP contribution in [0.2, 0.25) is 0 Å². The van der Waals surface area contributed by atoms with Gasteiger partial charge in [-0.05, 0) is 26.0 Å². The fraction of sp³-hybridized carbons (Fsp3) is 0.333. The quantitative estimate of drug-likeness (QED) is 0.887. The van der Waals surface area contributed by atoms with Gasteiger partial charge in [-0.1, -0.05) is 0 Å². The molecule has 2 N–H and O–H groups in total. The Labute approximate surface area is 108 Å². The van der Waals surface area contributed by atoms with Gasteiger partial charge in [0.2, 0.25) is 0 Å². The van der Waals surface area contributed by atoms with Crippen LogP contribution in [-0.2, 0) is 4.79 Å². The molecular formula is C12H14F2N2O3. The van der Waals surface area contributed by atoms with Crippen molar-refractivity contribution < 1.29 is 23.5 Å². The molecule has 0 radical (unpaired) electrons. The fourth-order valence-electron chi connectivity index (χ4n) is 1.19. The highest BCUT2D eigenvalue weighted by molar-refractivity contribution is 5.93. The van der Waals surface area contributed by atoms with E-state index < -0.39 is 29.2 Å². The van der Waals surface area contributed by atoms with Crippen LogP contribution in [0.4, 0.5) is 19.3 Å². The fourth-order valence-corrected chi connectivity index (χ4v) is 1.19. The molecule has 0 aromatic heterocycles. The second kappa shape index (κ2) is 5.21. The summed E-state index contributed by atoms with van der Waals surface area (Å²) in [5.41, 5.74) is -1.68. The van der Waals surface area contributed by atoms with Crippen LogP contribution in [0.3, 0.4) is 0 Å². The lowest BCUT2D eigenvalue weighted by Gasteiger charge is -2.31. The molecule has 0 saturated heterocycles. The van der Waals surface area contributed by atoms with Crippen LogP contribution < -0.4 is 5.32 Å². The van der Waals surface area contributed by atoms with E-state index in [-0.39, 0.29) is 5.69 Å². The Morgan fingerprint density at radius 1 is 1.32 bits per heavy atom. The molecule has 0 aliphatic carbocycles. The van der Waals surface area contributed by atoms with Gasteiger partial charge in [0, 0.05) is 13.1 Å². The van der Waals surface area contributed by atoms with Gasteiger partial charge in [0.15, 0.2) is 0 Å². The monoisotopic (exact) mass is 272 g/mol. The molecular weight excluding hydrogens is 258 g/mol. The van der Waals surface area contributed by atoms with E-state index in [1.54, 1.807) is 0 Å². The van der Waals surface area contributed by atoms with Crippen molar-refractivity contribution in [3.05, 3.63) is 29.8 Å². The molecule has 0 atom stereocenters. The van der Waals surface area contributed by atoms with Crippen LogP contribution in [-0.4, -0.2) is 34.6 Å². The minimum absolute atomic E-state index is 0.223. The molecule has 7 heteroatoms. The lowest BCUT2D eigenvalue weighted by atomic mass is 10.1. The summed E-state index contributed by atoms with van der Waals surface area (Å²) in [5.74, 6) is -2.91. The summed E-state index contributed by atoms with van der Waals surface area (Å²) in [4.78, 5) is 23.7. The van der Waals surface area contributed by atoms with E-state index in [0.29, 0.717) is 6.07 Å². The van der Waals surface area contributed by atoms with Gasteiger partial charge in [0.1, 0.15) is 17.2 Å². The smallest absolute Gasteiger partial charge is 0.329 e. The molecule has 2 amide bonds. The number of nitrogens with zero attached hydrogens (tertiary/aromatic N) is 1. The van der Waals surface area contributed by atoms with E-state index in [4.69, 9.17) is 5.11 Å². The van der Waals surface area contributed by atoms with Gasteiger partial charge in [0.25, 0.3) is 0 Å². The summed E-state index contributed by atoms with van der Waals surface area (Å²) in [6.07, 6.45) is 0. The summed E-state index contributed by atoms with van der Waals surface area (Å²) in [6.45, 7) is 2.66. The zero-order valence-electron chi connectivity index (χ0n) is 10.7. The van der Waals surface area contributed by atoms with Crippen molar-refractivity contribution in [2.45, 2.75) is 19.4 Å². The Bertz CT molecular complexity index is 518. The van der Waals surface area contributed by atoms with Crippen molar-refractivity contribution in [1.29, 1.82) is 0 Å². The standard InChI is InChI=1S/C12H14F2N2O3/c1-12(2,10(17)18)16(3)11(19)15-9-5-4-7(13)6-8(9)14/h4-6H,1-3H3,(H,15,19)(H,17,18). The molecule has 0 spiro atoms. The van der Waals surface area contributed by atoms with E-state index in [1.165, 1.54) is 20.9 Å². The highest BCUT2D eigenvalue weighted by Gasteiger charge is 2.35. The largest absolute Gasteiger partial charge is 0.480 e. The summed E-state index contributed by atoms with van der Waals surface area (Å²) >= 11 is 0. The van der Waals surface area contributed by atoms with E-state index in [9.17, 15) is 18.4 Å². The number of halogens is 2. The molecule has 1 rings (SSSR count). The molecule has 5 nitrogen and oxygen atoms in total. The number of amides is 2. The number of carboxylic acid groups (broad SMARTS) is 1. The second-order valence-electron chi connectivity index (χ2n) is 4.48. The number of carbonyl (C=O) groups excluding carboxylic acids is 1. The van der Waals surface area contributed by atoms with Gasteiger partial charge in [0.05, 0.1) is 5.69 Å². The van der Waals surface area contributed by atoms with Crippen molar-refractivity contribution in [3.63, 3.8) is 0 Å². The molecule has 0 unspecified atom stereocenters. The number of anilines is 1. The molecule has 0 fully saturated rings. The maximum atomic E-state index is 13.3. The Balaban J connectivity index is 2.88. The summed E-state index contributed by atoms with van der Waals surface area (Å²) < 4.78 is 26.0. The van der Waals surface area contributed by atoms with Crippen LogP contribution in [0.25, 0.3) is 0 Å². The molecule has 1 aromatic carbocycles. The summed E-state index contributed by atoms with van der Waals surface area (Å²) in [7, 11) is 1.27. The van der Waals surface area contributed by atoms with Gasteiger partial charge in [-0.25, -0.2) is 18.4 Å². The van der Waals surface area contributed by atoms with Gasteiger partial charge in [-0.2, -0.15) is 0 Å². The van der Waals surface area contributed by atoms with Crippen LogP contribution in [0, 0.1) is 11.6 Å². The van der Waals surface area contributed by atoms with E-state index in [0.717, 1.165) is 17.0 Å². The van der Waals surface area contributed by atoms with Crippen molar-refractivity contribution in [3.8, 4) is 0 Å². The van der Waals surface area contributed by atoms with Crippen molar-refractivity contribution >= 4 is 17.7 Å². The molecule has 0 aliphatic heterocycles. The summed E-state index contributed by atoms with van der Waals surface area (Å²) in [6, 6.07) is 1.86. The first-order valence-corrected chi connectivity index (χ1v) is 5.39. The van der Waals surface area contributed by atoms with Crippen molar-refractivity contribution in [1.82, 2.24) is 4.90 Å². The Morgan fingerprint density at radius 2 is 1.89 bits per heavy atom. The Hall–Kier alpha value is -2.18. The third kappa shape index (κ3) is 3.18. The first-order valence-electron chi connectivity index (χ1n) is 5.39. The van der Waals surface area contributed by atoms with Crippen LogP contribution in [0.5, 0.6) is 0 Å². The normalized spacial score (nSPS) is 11.0. The highest BCUT2D eigenvalue weighted by Crippen LogP contribution is 2.18. The number of rotatable bonds is 3. The minimum Gasteiger partial charge on any atom is -0.480 e. The third-order valence-electron chi connectivity index (χ3n) is 2.84. The number of hydrogen-bond acceptors (Lipinski definition) is 2. The van der Waals surface area contributed by atoms with E-state index in [1.807, 2.05) is 0 Å². The lowest BCUT2D eigenvalue weighted by Crippen LogP contribution is -2.52. The van der Waals surface area contributed by atoms with Gasteiger partial charge in [-0.15, -0.1) is 0 Å². The maximum absolute atomic E-state index is 13.3. The number of aliphatic carboxylic acids is 1. The third-order valence-corrected chi connectivity index (χ3v) is 2.84. The lowest BCUT2D eigenvalue weighted by molar-refractivity contribution is -0.146. The molecule has 104 valence electrons. The molecule has 19 heavy (non-hydrogen) atoms. The molecule has 0 heterocycles. The Morgan fingerprint density at radius 3 is 2.37 bits per heavy atom. The average Bonchev–Trinajstić information content (AvgIpc) is 2.31. The van der Waals surface area contributed by atoms with Crippen LogP contribution >= 0.6 is 0 Å². The number of nitrogens with one attached hydrogen (secondary N) is 1. The summed E-state index contributed by atoms with van der Waals surface area (Å²) in [5, 5.41) is 11.2. The molecule has 0 bridgehead atoms. The SMILES string of the molecule is CN(C(=O)Nc1ccc(F)cc1F)C(C)(C)C(=O)O. The van der Waals surface area contributed by atoms with Crippen LogP contribution in [0.1, 0.15) is 13.8 Å². The number of carboxylic acids is 1. The van der Waals surface area contributed by atoms with Crippen molar-refractivity contribution in [2.24, 2.45) is 0 Å². The van der Waals surface area contributed by atoms with Gasteiger partial charge >= 0.3 is 12.0 Å². The average molecular weight is 272 g/mol. The molecule has 1 aromatic rings. The zero-order valence-corrected chi connectivity index (χ0v) is 10.7. The number of hydrogen-bond donors (Lipinski definition) is 2. The molecule has 0 saturated carbocycles.